The first-order chi connectivity index (χ1) is 17.5. The Kier molecular flexibility index (Phi) is 7.67. The number of carbonyl (C=O) groups excluding carboxylic acids is 1. The molecule has 4 aromatic rings. The van der Waals surface area contributed by atoms with Gasteiger partial charge in [0.25, 0.3) is 26.0 Å². The van der Waals surface area contributed by atoms with Crippen molar-refractivity contribution in [1.82, 2.24) is 0 Å². The van der Waals surface area contributed by atoms with E-state index in [1.807, 2.05) is 0 Å². The van der Waals surface area contributed by atoms with Gasteiger partial charge < -0.3 is 5.32 Å². The van der Waals surface area contributed by atoms with Crippen LogP contribution in [0.4, 0.5) is 17.1 Å². The van der Waals surface area contributed by atoms with Crippen LogP contribution in [0.2, 0.25) is 0 Å². The first kappa shape index (κ1) is 26.4. The minimum absolute atomic E-state index is 0.0177. The van der Waals surface area contributed by atoms with E-state index in [0.29, 0.717) is 22.6 Å². The molecule has 0 radical (unpaired) electrons. The van der Waals surface area contributed by atoms with Crippen LogP contribution in [0.5, 0.6) is 0 Å². The van der Waals surface area contributed by atoms with E-state index < -0.39 is 26.0 Å². The molecule has 0 aliphatic heterocycles. The van der Waals surface area contributed by atoms with Gasteiger partial charge in [-0.2, -0.15) is 0 Å². The molecule has 3 N–H and O–H groups in total. The van der Waals surface area contributed by atoms with Crippen molar-refractivity contribution in [2.75, 3.05) is 14.8 Å². The summed E-state index contributed by atoms with van der Waals surface area (Å²) in [4.78, 5) is 12.8. The van der Waals surface area contributed by atoms with Gasteiger partial charge in [0.15, 0.2) is 0 Å². The van der Waals surface area contributed by atoms with Gasteiger partial charge in [0.1, 0.15) is 0 Å². The summed E-state index contributed by atoms with van der Waals surface area (Å²) in [6.45, 7) is 1.64. The summed E-state index contributed by atoms with van der Waals surface area (Å²) in [6, 6.07) is 25.2. The maximum absolute atomic E-state index is 12.9. The smallest absolute Gasteiger partial charge is 0.262 e. The lowest BCUT2D eigenvalue weighted by atomic mass is 10.1. The van der Waals surface area contributed by atoms with Gasteiger partial charge >= 0.3 is 0 Å². The molecule has 0 atom stereocenters. The zero-order chi connectivity index (χ0) is 26.6. The summed E-state index contributed by atoms with van der Waals surface area (Å²) < 4.78 is 57.0. The largest absolute Gasteiger partial charge is 0.322 e. The average Bonchev–Trinajstić information content (AvgIpc) is 2.86. The lowest BCUT2D eigenvalue weighted by Gasteiger charge is -2.13. The second-order valence-corrected chi connectivity index (χ2v) is 12.3. The molecule has 0 unspecified atom stereocenters. The molecule has 4 aromatic carbocycles. The molecule has 11 heteroatoms. The zero-order valence-electron chi connectivity index (χ0n) is 19.5. The summed E-state index contributed by atoms with van der Waals surface area (Å²) in [5.41, 5.74) is 1.77. The van der Waals surface area contributed by atoms with Crippen LogP contribution in [-0.2, 0) is 20.0 Å². The molecule has 0 aliphatic carbocycles. The fourth-order valence-corrected chi connectivity index (χ4v) is 6.05. The summed E-state index contributed by atoms with van der Waals surface area (Å²) in [5.74, 6) is -0.542. The third-order valence-corrected chi connectivity index (χ3v) is 8.73. The van der Waals surface area contributed by atoms with E-state index in [-0.39, 0.29) is 15.4 Å². The van der Waals surface area contributed by atoms with Gasteiger partial charge in [-0.25, -0.2) is 16.8 Å². The molecule has 0 saturated carbocycles. The van der Waals surface area contributed by atoms with Crippen molar-refractivity contribution < 1.29 is 21.6 Å². The summed E-state index contributed by atoms with van der Waals surface area (Å²) in [5, 5.41) is 2.67. The summed E-state index contributed by atoms with van der Waals surface area (Å²) >= 11 is 3.30. The number of para-hydroxylation sites is 1. The third-order valence-electron chi connectivity index (χ3n) is 5.28. The van der Waals surface area contributed by atoms with Crippen molar-refractivity contribution in [3.63, 3.8) is 0 Å². The molecule has 0 aliphatic rings. The Balaban J connectivity index is 1.49. The molecule has 4 rings (SSSR count). The van der Waals surface area contributed by atoms with Gasteiger partial charge in [0.05, 0.1) is 9.79 Å². The Morgan fingerprint density at radius 3 is 1.89 bits per heavy atom. The number of carbonyl (C=O) groups is 1. The molecule has 0 saturated heterocycles. The van der Waals surface area contributed by atoms with Crippen molar-refractivity contribution >= 4 is 58.9 Å². The van der Waals surface area contributed by atoms with Crippen molar-refractivity contribution in [1.29, 1.82) is 0 Å². The molecule has 0 bridgehead atoms. The maximum atomic E-state index is 12.9. The minimum atomic E-state index is -3.93. The number of benzene rings is 4. The van der Waals surface area contributed by atoms with Crippen molar-refractivity contribution in [2.24, 2.45) is 0 Å². The molecule has 190 valence electrons. The Hall–Kier alpha value is -3.67. The fourth-order valence-electron chi connectivity index (χ4n) is 3.40. The van der Waals surface area contributed by atoms with Crippen LogP contribution < -0.4 is 14.8 Å². The maximum Gasteiger partial charge on any atom is 0.262 e. The Morgan fingerprint density at radius 2 is 1.24 bits per heavy atom. The number of hydrogen-bond donors (Lipinski definition) is 3. The highest BCUT2D eigenvalue weighted by Gasteiger charge is 2.20. The van der Waals surface area contributed by atoms with E-state index >= 15 is 0 Å². The number of nitrogens with one attached hydrogen (secondary N) is 3. The van der Waals surface area contributed by atoms with E-state index in [4.69, 9.17) is 0 Å². The first-order valence-corrected chi connectivity index (χ1v) is 14.7. The number of amides is 1. The molecule has 0 aromatic heterocycles. The number of rotatable bonds is 8. The molecule has 8 nitrogen and oxygen atoms in total. The predicted octanol–water partition coefficient (Wildman–Crippen LogP) is 5.61. The average molecular weight is 601 g/mol. The van der Waals surface area contributed by atoms with Crippen LogP contribution in [0.3, 0.4) is 0 Å². The number of aryl methyl sites for hydroxylation is 1. The van der Waals surface area contributed by atoms with Crippen LogP contribution in [0.15, 0.2) is 111 Å². The first-order valence-electron chi connectivity index (χ1n) is 10.9. The second kappa shape index (κ2) is 10.8. The number of sulfonamides is 2. The number of hydrogen-bond acceptors (Lipinski definition) is 5. The monoisotopic (exact) mass is 599 g/mol. The molecule has 1 amide bonds. The Bertz CT molecular complexity index is 1640. The van der Waals surface area contributed by atoms with Gasteiger partial charge in [-0.1, -0.05) is 40.2 Å². The number of halogens is 1. The third kappa shape index (κ3) is 6.56. The minimum Gasteiger partial charge on any atom is -0.322 e. The number of anilines is 3. The zero-order valence-corrected chi connectivity index (χ0v) is 22.7. The van der Waals surface area contributed by atoms with Crippen LogP contribution in [-0.4, -0.2) is 22.7 Å². The second-order valence-electron chi connectivity index (χ2n) is 8.04. The van der Waals surface area contributed by atoms with Crippen LogP contribution in [0.25, 0.3) is 0 Å². The van der Waals surface area contributed by atoms with Crippen LogP contribution in [0, 0.1) is 6.92 Å². The topological polar surface area (TPSA) is 121 Å². The van der Waals surface area contributed by atoms with Crippen molar-refractivity contribution in [3.8, 4) is 0 Å². The van der Waals surface area contributed by atoms with E-state index in [9.17, 15) is 21.6 Å². The van der Waals surface area contributed by atoms with E-state index in [1.165, 1.54) is 36.4 Å². The molecular weight excluding hydrogens is 578 g/mol. The molecule has 0 spiro atoms. The van der Waals surface area contributed by atoms with E-state index in [2.05, 4.69) is 30.7 Å². The van der Waals surface area contributed by atoms with Gasteiger partial charge in [0.2, 0.25) is 0 Å². The van der Waals surface area contributed by atoms with Gasteiger partial charge in [-0.15, -0.1) is 0 Å². The quantitative estimate of drug-likeness (QED) is 0.243. The highest BCUT2D eigenvalue weighted by atomic mass is 79.9. The normalized spacial score (nSPS) is 11.5. The molecule has 0 fully saturated rings. The van der Waals surface area contributed by atoms with E-state index in [1.54, 1.807) is 67.6 Å². The lowest BCUT2D eigenvalue weighted by Crippen LogP contribution is -2.17. The lowest BCUT2D eigenvalue weighted by molar-refractivity contribution is 0.102. The fraction of sp³-hybridized carbons (Fsp3) is 0.0385. The van der Waals surface area contributed by atoms with Gasteiger partial charge in [0, 0.05) is 27.1 Å². The highest BCUT2D eigenvalue weighted by Crippen LogP contribution is 2.23. The highest BCUT2D eigenvalue weighted by molar-refractivity contribution is 9.10. The summed E-state index contributed by atoms with van der Waals surface area (Å²) in [6.07, 6.45) is 0. The van der Waals surface area contributed by atoms with Crippen LogP contribution in [0.1, 0.15) is 15.9 Å². The SMILES string of the molecule is Cc1ccc(C(=O)Nc2ccc(S(=O)(=O)Nc3ccc(Br)cc3)cc2)cc1S(=O)(=O)Nc1ccccc1. The van der Waals surface area contributed by atoms with Gasteiger partial charge in [-0.3, -0.25) is 14.2 Å². The van der Waals surface area contributed by atoms with E-state index in [0.717, 1.165) is 4.47 Å². The standard InChI is InChI=1S/C26H22BrN3O5S2/c1-18-7-8-19(17-25(18)37(34,35)30-22-5-3-2-4-6-22)26(31)28-21-13-15-24(16-14-21)36(32,33)29-23-11-9-20(27)10-12-23/h2-17,29-30H,1H3,(H,28,31). The van der Waals surface area contributed by atoms with Crippen molar-refractivity contribution in [2.45, 2.75) is 16.7 Å². The molecule has 0 heterocycles. The molecular formula is C26H22BrN3O5S2. The Labute approximate surface area is 224 Å². The predicted molar refractivity (Wildman–Crippen MR) is 148 cm³/mol. The summed E-state index contributed by atoms with van der Waals surface area (Å²) in [7, 11) is -7.76. The Morgan fingerprint density at radius 1 is 0.676 bits per heavy atom. The van der Waals surface area contributed by atoms with Crippen LogP contribution >= 0.6 is 15.9 Å². The van der Waals surface area contributed by atoms with Gasteiger partial charge in [-0.05, 0) is 85.3 Å². The molecule has 37 heavy (non-hydrogen) atoms. The van der Waals surface area contributed by atoms with Crippen molar-refractivity contribution in [3.05, 3.63) is 113 Å².